The van der Waals surface area contributed by atoms with E-state index in [9.17, 15) is 4.79 Å². The smallest absolute Gasteiger partial charge is 0.358 e. The number of rotatable bonds is 6. The lowest BCUT2D eigenvalue weighted by atomic mass is 10.3. The number of hydrogen-bond acceptors (Lipinski definition) is 5. The fourth-order valence-corrected chi connectivity index (χ4v) is 0.989. The summed E-state index contributed by atoms with van der Waals surface area (Å²) in [4.78, 5) is 10.5. The summed E-state index contributed by atoms with van der Waals surface area (Å²) in [6.45, 7) is 2.50. The molecule has 1 atom stereocenters. The molecule has 0 aromatic carbocycles. The van der Waals surface area contributed by atoms with Gasteiger partial charge in [0, 0.05) is 13.2 Å². The van der Waals surface area contributed by atoms with Gasteiger partial charge in [-0.05, 0) is 6.92 Å². The van der Waals surface area contributed by atoms with Crippen LogP contribution in [-0.2, 0) is 16.1 Å². The Balaban J connectivity index is 2.40. The highest BCUT2D eigenvalue weighted by Crippen LogP contribution is 2.06. The van der Waals surface area contributed by atoms with Crippen LogP contribution in [-0.4, -0.2) is 36.1 Å². The number of ether oxygens (including phenoxy) is 2. The van der Waals surface area contributed by atoms with Gasteiger partial charge in [0.25, 0.3) is 0 Å². The Morgan fingerprint density at radius 3 is 3.00 bits per heavy atom. The molecular formula is C9H13NO5. The third-order valence-corrected chi connectivity index (χ3v) is 1.69. The number of aromatic carboxylic acids is 1. The van der Waals surface area contributed by atoms with Crippen LogP contribution in [0.4, 0.5) is 0 Å². The molecule has 1 N–H and O–H groups in total. The number of carboxylic acids is 1. The Kier molecular flexibility index (Phi) is 4.26. The van der Waals surface area contributed by atoms with Crippen molar-refractivity contribution in [3.63, 3.8) is 0 Å². The van der Waals surface area contributed by atoms with Gasteiger partial charge >= 0.3 is 5.97 Å². The van der Waals surface area contributed by atoms with Gasteiger partial charge in [-0.2, -0.15) is 0 Å². The second-order valence-electron chi connectivity index (χ2n) is 3.06. The van der Waals surface area contributed by atoms with Crippen molar-refractivity contribution in [1.29, 1.82) is 0 Å². The second kappa shape index (κ2) is 5.47. The van der Waals surface area contributed by atoms with Crippen molar-refractivity contribution in [2.75, 3.05) is 13.7 Å². The van der Waals surface area contributed by atoms with E-state index in [2.05, 4.69) is 5.16 Å². The van der Waals surface area contributed by atoms with Gasteiger partial charge in [0.05, 0.1) is 12.7 Å². The fraction of sp³-hybridized carbons (Fsp3) is 0.556. The number of carbonyl (C=O) groups is 1. The maximum absolute atomic E-state index is 10.5. The summed E-state index contributed by atoms with van der Waals surface area (Å²) in [6, 6.07) is 1.34. The van der Waals surface area contributed by atoms with Gasteiger partial charge in [-0.15, -0.1) is 0 Å². The Morgan fingerprint density at radius 1 is 1.73 bits per heavy atom. The molecule has 0 aliphatic heterocycles. The van der Waals surface area contributed by atoms with Gasteiger partial charge in [-0.3, -0.25) is 0 Å². The molecule has 84 valence electrons. The van der Waals surface area contributed by atoms with E-state index in [4.69, 9.17) is 19.1 Å². The molecule has 0 saturated heterocycles. The van der Waals surface area contributed by atoms with Gasteiger partial charge in [-0.25, -0.2) is 4.79 Å². The van der Waals surface area contributed by atoms with E-state index in [1.807, 2.05) is 6.92 Å². The van der Waals surface area contributed by atoms with Crippen molar-refractivity contribution < 1.29 is 23.9 Å². The average molecular weight is 215 g/mol. The Morgan fingerprint density at radius 2 is 2.47 bits per heavy atom. The number of carboxylic acid groups (broad SMARTS) is 1. The Hall–Kier alpha value is -1.40. The molecule has 0 aliphatic carbocycles. The van der Waals surface area contributed by atoms with Gasteiger partial charge in [-0.1, -0.05) is 5.16 Å². The minimum absolute atomic E-state index is 0.0756. The fourth-order valence-electron chi connectivity index (χ4n) is 0.989. The molecule has 1 unspecified atom stereocenters. The first-order valence-electron chi connectivity index (χ1n) is 4.43. The molecule has 0 bridgehead atoms. The summed E-state index contributed by atoms with van der Waals surface area (Å²) in [5.74, 6) is -0.731. The van der Waals surface area contributed by atoms with E-state index < -0.39 is 5.97 Å². The van der Waals surface area contributed by atoms with Crippen LogP contribution in [0.1, 0.15) is 23.2 Å². The van der Waals surface area contributed by atoms with Crippen LogP contribution in [0, 0.1) is 0 Å². The molecule has 0 aliphatic rings. The first kappa shape index (κ1) is 11.7. The van der Waals surface area contributed by atoms with Gasteiger partial charge < -0.3 is 19.1 Å². The molecule has 1 aromatic rings. The van der Waals surface area contributed by atoms with Crippen molar-refractivity contribution in [3.05, 3.63) is 17.5 Å². The van der Waals surface area contributed by atoms with Crippen molar-refractivity contribution >= 4 is 5.97 Å². The number of hydrogen-bond donors (Lipinski definition) is 1. The van der Waals surface area contributed by atoms with E-state index in [-0.39, 0.29) is 18.4 Å². The molecule has 0 amide bonds. The molecule has 0 saturated carbocycles. The summed E-state index contributed by atoms with van der Waals surface area (Å²) in [6.07, 6.45) is -0.0756. The first-order chi connectivity index (χ1) is 7.13. The zero-order valence-electron chi connectivity index (χ0n) is 8.60. The standard InChI is InChI=1S/C9H13NO5/c1-6(4-13-2)14-5-7-3-8(9(11)12)10-15-7/h3,6H,4-5H2,1-2H3,(H,11,12). The average Bonchev–Trinajstić information content (AvgIpc) is 2.63. The molecule has 15 heavy (non-hydrogen) atoms. The molecule has 1 heterocycles. The Bertz CT molecular complexity index is 322. The molecular weight excluding hydrogens is 202 g/mol. The molecule has 0 radical (unpaired) electrons. The minimum atomic E-state index is -1.12. The van der Waals surface area contributed by atoms with Crippen LogP contribution in [0.3, 0.4) is 0 Å². The zero-order chi connectivity index (χ0) is 11.3. The van der Waals surface area contributed by atoms with Gasteiger partial charge in [0.15, 0.2) is 11.5 Å². The first-order valence-corrected chi connectivity index (χ1v) is 4.43. The van der Waals surface area contributed by atoms with E-state index in [0.29, 0.717) is 12.4 Å². The highest BCUT2D eigenvalue weighted by molar-refractivity contribution is 5.85. The molecule has 6 heteroatoms. The normalized spacial score (nSPS) is 12.7. The monoisotopic (exact) mass is 215 g/mol. The molecule has 1 rings (SSSR count). The zero-order valence-corrected chi connectivity index (χ0v) is 8.60. The second-order valence-corrected chi connectivity index (χ2v) is 3.06. The molecule has 0 spiro atoms. The van der Waals surface area contributed by atoms with Crippen LogP contribution in [0.25, 0.3) is 0 Å². The molecule has 6 nitrogen and oxygen atoms in total. The van der Waals surface area contributed by atoms with Gasteiger partial charge in [0.2, 0.25) is 0 Å². The largest absolute Gasteiger partial charge is 0.476 e. The molecule has 0 fully saturated rings. The van der Waals surface area contributed by atoms with Crippen LogP contribution < -0.4 is 0 Å². The maximum atomic E-state index is 10.5. The van der Waals surface area contributed by atoms with Crippen LogP contribution in [0.5, 0.6) is 0 Å². The molecule has 1 aromatic heterocycles. The lowest BCUT2D eigenvalue weighted by molar-refractivity contribution is -0.00793. The predicted molar refractivity (Wildman–Crippen MR) is 49.6 cm³/mol. The number of methoxy groups -OCH3 is 1. The summed E-state index contributed by atoms with van der Waals surface area (Å²) in [7, 11) is 1.58. The maximum Gasteiger partial charge on any atom is 0.358 e. The van der Waals surface area contributed by atoms with Crippen molar-refractivity contribution in [2.24, 2.45) is 0 Å². The number of nitrogens with zero attached hydrogens (tertiary/aromatic N) is 1. The van der Waals surface area contributed by atoms with E-state index >= 15 is 0 Å². The highest BCUT2D eigenvalue weighted by atomic mass is 16.5. The van der Waals surface area contributed by atoms with Gasteiger partial charge in [0.1, 0.15) is 6.61 Å². The van der Waals surface area contributed by atoms with Crippen LogP contribution in [0.15, 0.2) is 10.6 Å². The summed E-state index contributed by atoms with van der Waals surface area (Å²) in [5, 5.41) is 11.9. The lowest BCUT2D eigenvalue weighted by Gasteiger charge is -2.09. The predicted octanol–water partition coefficient (Wildman–Crippen LogP) is 0.924. The summed E-state index contributed by atoms with van der Waals surface area (Å²) >= 11 is 0. The number of aromatic nitrogens is 1. The van der Waals surface area contributed by atoms with Crippen molar-refractivity contribution in [3.8, 4) is 0 Å². The quantitative estimate of drug-likeness (QED) is 0.759. The highest BCUT2D eigenvalue weighted by Gasteiger charge is 2.11. The Labute approximate surface area is 86.8 Å². The van der Waals surface area contributed by atoms with Crippen LogP contribution >= 0.6 is 0 Å². The summed E-state index contributed by atoms with van der Waals surface area (Å²) < 4.78 is 14.9. The third-order valence-electron chi connectivity index (χ3n) is 1.69. The lowest BCUT2D eigenvalue weighted by Crippen LogP contribution is -2.14. The van der Waals surface area contributed by atoms with Crippen LogP contribution in [0.2, 0.25) is 0 Å². The van der Waals surface area contributed by atoms with Crippen molar-refractivity contribution in [1.82, 2.24) is 5.16 Å². The SMILES string of the molecule is COCC(C)OCc1cc(C(=O)O)no1. The minimum Gasteiger partial charge on any atom is -0.476 e. The topological polar surface area (TPSA) is 81.8 Å². The van der Waals surface area contributed by atoms with E-state index in [1.165, 1.54) is 6.07 Å². The third kappa shape index (κ3) is 3.69. The van der Waals surface area contributed by atoms with E-state index in [1.54, 1.807) is 7.11 Å². The van der Waals surface area contributed by atoms with Crippen molar-refractivity contribution in [2.45, 2.75) is 19.6 Å². The van der Waals surface area contributed by atoms with E-state index in [0.717, 1.165) is 0 Å². The summed E-state index contributed by atoms with van der Waals surface area (Å²) in [5.41, 5.74) is -0.118.